The topological polar surface area (TPSA) is 131 Å². The third-order valence-electron chi connectivity index (χ3n) is 3.35. The van der Waals surface area contributed by atoms with Crippen LogP contribution in [-0.2, 0) is 19.6 Å². The second kappa shape index (κ2) is 9.51. The molecule has 0 spiro atoms. The van der Waals surface area contributed by atoms with Crippen LogP contribution in [-0.4, -0.2) is 39.5 Å². The van der Waals surface area contributed by atoms with Gasteiger partial charge in [0.05, 0.1) is 10.5 Å². The van der Waals surface area contributed by atoms with E-state index in [1.54, 1.807) is 37.3 Å². The average Bonchev–Trinajstić information content (AvgIpc) is 2.67. The van der Waals surface area contributed by atoms with Crippen molar-refractivity contribution in [2.24, 2.45) is 0 Å². The summed E-state index contributed by atoms with van der Waals surface area (Å²) >= 11 is 0. The highest BCUT2D eigenvalue weighted by molar-refractivity contribution is 7.92. The van der Waals surface area contributed by atoms with Crippen molar-refractivity contribution in [1.29, 1.82) is 0 Å². The Labute approximate surface area is 162 Å². The summed E-state index contributed by atoms with van der Waals surface area (Å²) in [6.07, 6.45) is 0. The molecular formula is C18H19N3O6S. The van der Waals surface area contributed by atoms with Gasteiger partial charge >= 0.3 is 12.0 Å². The molecule has 0 aliphatic rings. The van der Waals surface area contributed by atoms with Crippen LogP contribution < -0.4 is 15.4 Å². The minimum Gasteiger partial charge on any atom is -0.452 e. The first-order valence-electron chi connectivity index (χ1n) is 8.24. The highest BCUT2D eigenvalue weighted by Crippen LogP contribution is 2.16. The summed E-state index contributed by atoms with van der Waals surface area (Å²) in [6.45, 7) is 1.38. The molecule has 0 aliphatic heterocycles. The number of benzene rings is 2. The zero-order valence-corrected chi connectivity index (χ0v) is 15.8. The van der Waals surface area contributed by atoms with E-state index >= 15 is 0 Å². The van der Waals surface area contributed by atoms with Gasteiger partial charge in [-0.25, -0.2) is 18.0 Å². The van der Waals surface area contributed by atoms with Gasteiger partial charge in [-0.3, -0.25) is 14.8 Å². The molecule has 148 valence electrons. The molecule has 0 saturated heterocycles. The number of imide groups is 1. The van der Waals surface area contributed by atoms with Gasteiger partial charge in [-0.1, -0.05) is 18.2 Å². The zero-order valence-electron chi connectivity index (χ0n) is 15.0. The summed E-state index contributed by atoms with van der Waals surface area (Å²) in [5, 5.41) is 4.35. The number of carbonyl (C=O) groups excluding carboxylic acids is 3. The first-order valence-corrected chi connectivity index (χ1v) is 9.73. The van der Waals surface area contributed by atoms with Crippen LogP contribution >= 0.6 is 0 Å². The molecule has 3 amide bonds. The lowest BCUT2D eigenvalue weighted by atomic mass is 10.2. The molecule has 0 saturated carbocycles. The fourth-order valence-electron chi connectivity index (χ4n) is 2.07. The summed E-state index contributed by atoms with van der Waals surface area (Å²) in [5.74, 6) is -1.61. The van der Waals surface area contributed by atoms with E-state index in [1.807, 2.05) is 5.32 Å². The van der Waals surface area contributed by atoms with Gasteiger partial charge < -0.3 is 10.1 Å². The van der Waals surface area contributed by atoms with Crippen molar-refractivity contribution in [2.45, 2.75) is 11.8 Å². The molecule has 3 N–H and O–H groups in total. The maximum atomic E-state index is 12.3. The van der Waals surface area contributed by atoms with Crippen LogP contribution in [0.5, 0.6) is 0 Å². The number of esters is 1. The Kier molecular flexibility index (Phi) is 7.10. The Morgan fingerprint density at radius 2 is 1.61 bits per heavy atom. The Bertz CT molecular complexity index is 943. The molecule has 0 heterocycles. The van der Waals surface area contributed by atoms with Crippen LogP contribution in [0.1, 0.15) is 17.3 Å². The Hall–Kier alpha value is -3.40. The third kappa shape index (κ3) is 6.09. The maximum Gasteiger partial charge on any atom is 0.338 e. The van der Waals surface area contributed by atoms with Gasteiger partial charge in [-0.2, -0.15) is 0 Å². The quantitative estimate of drug-likeness (QED) is 0.598. The fourth-order valence-corrected chi connectivity index (χ4v) is 3.13. The number of nitrogens with one attached hydrogen (secondary N) is 3. The number of carbonyl (C=O) groups is 3. The molecule has 2 aromatic rings. The molecule has 0 aliphatic carbocycles. The Morgan fingerprint density at radius 1 is 0.964 bits per heavy atom. The van der Waals surface area contributed by atoms with Crippen molar-refractivity contribution < 1.29 is 27.5 Å². The van der Waals surface area contributed by atoms with Crippen molar-refractivity contribution in [2.75, 3.05) is 17.9 Å². The lowest BCUT2D eigenvalue weighted by Crippen LogP contribution is -2.41. The summed E-state index contributed by atoms with van der Waals surface area (Å²) in [6, 6.07) is 12.7. The molecule has 0 radical (unpaired) electrons. The van der Waals surface area contributed by atoms with E-state index in [1.165, 1.54) is 24.3 Å². The molecule has 0 aromatic heterocycles. The standard InChI is InChI=1S/C18H19N3O6S/c1-2-19-18(24)20-16(22)12-27-17(23)13-8-10-15(11-9-13)28(25,26)21-14-6-4-3-5-7-14/h3-11,21H,2,12H2,1H3,(H2,19,20,22,24). The monoisotopic (exact) mass is 405 g/mol. The highest BCUT2D eigenvalue weighted by atomic mass is 32.2. The average molecular weight is 405 g/mol. The first kappa shape index (κ1) is 20.9. The minimum absolute atomic E-state index is 0.0399. The number of rotatable bonds is 7. The van der Waals surface area contributed by atoms with Gasteiger partial charge in [0, 0.05) is 12.2 Å². The Balaban J connectivity index is 1.95. The maximum absolute atomic E-state index is 12.3. The van der Waals surface area contributed by atoms with Crippen LogP contribution in [0.25, 0.3) is 0 Å². The summed E-state index contributed by atoms with van der Waals surface area (Å²) < 4.78 is 31.9. The van der Waals surface area contributed by atoms with Crippen LogP contribution in [0.4, 0.5) is 10.5 Å². The summed E-state index contributed by atoms with van der Waals surface area (Å²) in [7, 11) is -3.81. The zero-order chi connectivity index (χ0) is 20.6. The van der Waals surface area contributed by atoms with Crippen LogP contribution in [0.2, 0.25) is 0 Å². The fraction of sp³-hybridized carbons (Fsp3) is 0.167. The molecule has 0 unspecified atom stereocenters. The predicted octanol–water partition coefficient (Wildman–Crippen LogP) is 1.49. The van der Waals surface area contributed by atoms with Gasteiger partial charge in [0.25, 0.3) is 15.9 Å². The Morgan fingerprint density at radius 3 is 2.21 bits per heavy atom. The van der Waals surface area contributed by atoms with E-state index in [0.29, 0.717) is 12.2 Å². The molecule has 2 aromatic carbocycles. The van der Waals surface area contributed by atoms with Crippen molar-refractivity contribution in [3.05, 3.63) is 60.2 Å². The van der Waals surface area contributed by atoms with E-state index in [0.717, 1.165) is 0 Å². The summed E-state index contributed by atoms with van der Waals surface area (Å²) in [4.78, 5) is 34.6. The van der Waals surface area contributed by atoms with Gasteiger partial charge in [0.2, 0.25) is 0 Å². The van der Waals surface area contributed by atoms with Crippen molar-refractivity contribution in [1.82, 2.24) is 10.6 Å². The lowest BCUT2D eigenvalue weighted by molar-refractivity contribution is -0.123. The lowest BCUT2D eigenvalue weighted by Gasteiger charge is -2.09. The molecule has 2 rings (SSSR count). The molecule has 0 fully saturated rings. The number of ether oxygens (including phenoxy) is 1. The van der Waals surface area contributed by atoms with Gasteiger partial charge in [-0.15, -0.1) is 0 Å². The molecule has 0 atom stereocenters. The van der Waals surface area contributed by atoms with E-state index in [9.17, 15) is 22.8 Å². The van der Waals surface area contributed by atoms with Crippen LogP contribution in [0, 0.1) is 0 Å². The number of hydrogen-bond donors (Lipinski definition) is 3. The largest absolute Gasteiger partial charge is 0.452 e. The van der Waals surface area contributed by atoms with Gasteiger partial charge in [0.1, 0.15) is 0 Å². The van der Waals surface area contributed by atoms with E-state index in [4.69, 9.17) is 4.74 Å². The van der Waals surface area contributed by atoms with Crippen molar-refractivity contribution in [3.63, 3.8) is 0 Å². The first-order chi connectivity index (χ1) is 13.3. The molecule has 9 nitrogen and oxygen atoms in total. The number of anilines is 1. The highest BCUT2D eigenvalue weighted by Gasteiger charge is 2.16. The molecule has 10 heteroatoms. The second-order valence-electron chi connectivity index (χ2n) is 5.48. The third-order valence-corrected chi connectivity index (χ3v) is 4.75. The number of amides is 3. The molecule has 28 heavy (non-hydrogen) atoms. The minimum atomic E-state index is -3.81. The van der Waals surface area contributed by atoms with Crippen molar-refractivity contribution in [3.8, 4) is 0 Å². The van der Waals surface area contributed by atoms with Gasteiger partial charge in [0.15, 0.2) is 6.61 Å². The number of sulfonamides is 1. The van der Waals surface area contributed by atoms with E-state index < -0.39 is 34.5 Å². The molecular weight excluding hydrogens is 386 g/mol. The number of hydrogen-bond acceptors (Lipinski definition) is 6. The predicted molar refractivity (Wildman–Crippen MR) is 101 cm³/mol. The number of para-hydroxylation sites is 1. The normalized spacial score (nSPS) is 10.6. The summed E-state index contributed by atoms with van der Waals surface area (Å²) in [5.41, 5.74) is 0.466. The second-order valence-corrected chi connectivity index (χ2v) is 7.16. The van der Waals surface area contributed by atoms with Crippen LogP contribution in [0.15, 0.2) is 59.5 Å². The van der Waals surface area contributed by atoms with E-state index in [2.05, 4.69) is 10.0 Å². The number of urea groups is 1. The van der Waals surface area contributed by atoms with Crippen LogP contribution in [0.3, 0.4) is 0 Å². The molecule has 0 bridgehead atoms. The van der Waals surface area contributed by atoms with Gasteiger partial charge in [-0.05, 0) is 43.3 Å². The van der Waals surface area contributed by atoms with Crippen molar-refractivity contribution >= 4 is 33.6 Å². The van der Waals surface area contributed by atoms with E-state index in [-0.39, 0.29) is 10.5 Å². The smallest absolute Gasteiger partial charge is 0.338 e. The SMILES string of the molecule is CCNC(=O)NC(=O)COC(=O)c1ccc(S(=O)(=O)Nc2ccccc2)cc1.